The van der Waals surface area contributed by atoms with Gasteiger partial charge in [-0.2, -0.15) is 0 Å². The molecule has 92 valence electrons. The summed E-state index contributed by atoms with van der Waals surface area (Å²) in [5, 5.41) is 2.89. The van der Waals surface area contributed by atoms with Gasteiger partial charge in [0.2, 0.25) is 0 Å². The lowest BCUT2D eigenvalue weighted by Gasteiger charge is -2.01. The van der Waals surface area contributed by atoms with Gasteiger partial charge >= 0.3 is 5.97 Å². The molecule has 0 spiro atoms. The molecule has 0 fully saturated rings. The Labute approximate surface area is 102 Å². The number of carbonyl (C=O) groups is 1. The minimum atomic E-state index is -0.177. The summed E-state index contributed by atoms with van der Waals surface area (Å²) >= 11 is 1.56. The second-order valence-corrected chi connectivity index (χ2v) is 4.17. The highest BCUT2D eigenvalue weighted by atomic mass is 32.1. The van der Waals surface area contributed by atoms with E-state index >= 15 is 0 Å². The Morgan fingerprint density at radius 3 is 2.69 bits per heavy atom. The average Bonchev–Trinajstić information content (AvgIpc) is 2.67. The summed E-state index contributed by atoms with van der Waals surface area (Å²) in [7, 11) is 0. The van der Waals surface area contributed by atoms with Gasteiger partial charge < -0.3 is 4.74 Å². The molecular formula is C12H21NO2S. The number of ether oxygens (including phenoxy) is 1. The molecule has 0 N–H and O–H groups in total. The molecule has 0 aliphatic carbocycles. The molecule has 1 rings (SSSR count). The van der Waals surface area contributed by atoms with E-state index in [1.165, 1.54) is 0 Å². The van der Waals surface area contributed by atoms with Crippen LogP contribution in [0.5, 0.6) is 0 Å². The fourth-order valence-corrected chi connectivity index (χ4v) is 1.63. The molecule has 1 aromatic heterocycles. The van der Waals surface area contributed by atoms with Crippen LogP contribution in [0, 0.1) is 6.92 Å². The molecule has 0 unspecified atom stereocenters. The highest BCUT2D eigenvalue weighted by molar-refractivity contribution is 7.09. The van der Waals surface area contributed by atoms with Gasteiger partial charge in [-0.25, -0.2) is 4.98 Å². The van der Waals surface area contributed by atoms with Gasteiger partial charge in [0, 0.05) is 5.38 Å². The molecule has 0 aliphatic heterocycles. The van der Waals surface area contributed by atoms with Crippen LogP contribution in [0.1, 0.15) is 44.3 Å². The summed E-state index contributed by atoms with van der Waals surface area (Å²) in [6, 6.07) is 0. The van der Waals surface area contributed by atoms with Crippen molar-refractivity contribution in [1.82, 2.24) is 4.98 Å². The van der Waals surface area contributed by atoms with Crippen LogP contribution in [0.3, 0.4) is 0 Å². The van der Waals surface area contributed by atoms with E-state index in [2.05, 4.69) is 11.9 Å². The number of rotatable bonds is 5. The molecule has 0 saturated carbocycles. The Balaban J connectivity index is 0.00000106. The molecule has 0 atom stereocenters. The molecule has 0 amide bonds. The molecule has 0 radical (unpaired) electrons. The Bertz CT molecular complexity index is 297. The van der Waals surface area contributed by atoms with E-state index in [1.807, 2.05) is 26.2 Å². The number of thiazole rings is 1. The second-order valence-electron chi connectivity index (χ2n) is 3.11. The first-order chi connectivity index (χ1) is 7.72. The van der Waals surface area contributed by atoms with Gasteiger partial charge in [-0.3, -0.25) is 4.79 Å². The van der Waals surface area contributed by atoms with Gasteiger partial charge in [-0.05, 0) is 13.3 Å². The molecule has 3 nitrogen and oxygen atoms in total. The van der Waals surface area contributed by atoms with Crippen molar-refractivity contribution in [2.45, 2.75) is 47.0 Å². The zero-order valence-electron chi connectivity index (χ0n) is 10.6. The third-order valence-electron chi connectivity index (χ3n) is 1.75. The fourth-order valence-electron chi connectivity index (χ4n) is 1.02. The van der Waals surface area contributed by atoms with E-state index in [1.54, 1.807) is 11.3 Å². The highest BCUT2D eigenvalue weighted by Gasteiger charge is 2.06. The zero-order chi connectivity index (χ0) is 12.4. The summed E-state index contributed by atoms with van der Waals surface area (Å²) < 4.78 is 5.02. The van der Waals surface area contributed by atoms with Gasteiger partial charge in [0.05, 0.1) is 23.7 Å². The molecule has 0 aliphatic rings. The van der Waals surface area contributed by atoms with Crippen molar-refractivity contribution in [2.24, 2.45) is 0 Å². The first-order valence-corrected chi connectivity index (χ1v) is 6.67. The van der Waals surface area contributed by atoms with Crippen molar-refractivity contribution in [1.29, 1.82) is 0 Å². The molecule has 1 heterocycles. The molecule has 0 bridgehead atoms. The van der Waals surface area contributed by atoms with Gasteiger partial charge in [-0.15, -0.1) is 11.3 Å². The van der Waals surface area contributed by atoms with E-state index < -0.39 is 0 Å². The summed E-state index contributed by atoms with van der Waals surface area (Å²) in [5.74, 6) is -0.177. The summed E-state index contributed by atoms with van der Waals surface area (Å²) in [4.78, 5) is 15.4. The van der Waals surface area contributed by atoms with Crippen LogP contribution in [0.15, 0.2) is 5.38 Å². The van der Waals surface area contributed by atoms with Crippen molar-refractivity contribution in [3.8, 4) is 0 Å². The van der Waals surface area contributed by atoms with Crippen LogP contribution in [-0.2, 0) is 16.0 Å². The summed E-state index contributed by atoms with van der Waals surface area (Å²) in [6.45, 7) is 8.52. The Hall–Kier alpha value is -0.900. The van der Waals surface area contributed by atoms with Crippen molar-refractivity contribution in [2.75, 3.05) is 6.61 Å². The Kier molecular flexibility index (Phi) is 8.81. The summed E-state index contributed by atoms with van der Waals surface area (Å²) in [6.07, 6.45) is 2.28. The minimum absolute atomic E-state index is 0.177. The maximum absolute atomic E-state index is 11.2. The lowest BCUT2D eigenvalue weighted by Crippen LogP contribution is -2.09. The van der Waals surface area contributed by atoms with Gasteiger partial charge in [0.15, 0.2) is 0 Å². The SMILES string of the molecule is CC.CCCCOC(=O)Cc1csc(C)n1. The predicted molar refractivity (Wildman–Crippen MR) is 67.8 cm³/mol. The number of carbonyl (C=O) groups excluding carboxylic acids is 1. The van der Waals surface area contributed by atoms with Crippen molar-refractivity contribution in [3.63, 3.8) is 0 Å². The van der Waals surface area contributed by atoms with Crippen LogP contribution in [0.25, 0.3) is 0 Å². The van der Waals surface area contributed by atoms with Gasteiger partial charge in [0.25, 0.3) is 0 Å². The normalized spacial score (nSPS) is 9.25. The number of unbranched alkanes of at least 4 members (excludes halogenated alkanes) is 1. The van der Waals surface area contributed by atoms with Crippen LogP contribution in [0.4, 0.5) is 0 Å². The second kappa shape index (κ2) is 9.33. The number of hydrogen-bond acceptors (Lipinski definition) is 4. The summed E-state index contributed by atoms with van der Waals surface area (Å²) in [5.41, 5.74) is 0.814. The van der Waals surface area contributed by atoms with E-state index in [0.717, 1.165) is 23.5 Å². The average molecular weight is 243 g/mol. The first-order valence-electron chi connectivity index (χ1n) is 5.79. The van der Waals surface area contributed by atoms with E-state index in [4.69, 9.17) is 4.74 Å². The van der Waals surface area contributed by atoms with Crippen molar-refractivity contribution in [3.05, 3.63) is 16.1 Å². The van der Waals surface area contributed by atoms with Crippen molar-refractivity contribution < 1.29 is 9.53 Å². The third-order valence-corrected chi connectivity index (χ3v) is 2.58. The standard InChI is InChI=1S/C10H15NO2S.C2H6/c1-3-4-5-13-10(12)6-9-7-14-8(2)11-9;1-2/h7H,3-6H2,1-2H3;1-2H3. The van der Waals surface area contributed by atoms with E-state index in [-0.39, 0.29) is 5.97 Å². The van der Waals surface area contributed by atoms with Gasteiger partial charge in [0.1, 0.15) is 0 Å². The number of nitrogens with zero attached hydrogens (tertiary/aromatic N) is 1. The Morgan fingerprint density at radius 2 is 2.19 bits per heavy atom. The highest BCUT2D eigenvalue weighted by Crippen LogP contribution is 2.08. The smallest absolute Gasteiger partial charge is 0.311 e. The maximum atomic E-state index is 11.2. The van der Waals surface area contributed by atoms with Crippen molar-refractivity contribution >= 4 is 17.3 Å². The van der Waals surface area contributed by atoms with E-state index in [0.29, 0.717) is 13.0 Å². The van der Waals surface area contributed by atoms with E-state index in [9.17, 15) is 4.79 Å². The van der Waals surface area contributed by atoms with Crippen LogP contribution >= 0.6 is 11.3 Å². The number of hydrogen-bond donors (Lipinski definition) is 0. The van der Waals surface area contributed by atoms with Gasteiger partial charge in [-0.1, -0.05) is 27.2 Å². The molecule has 4 heteroatoms. The number of esters is 1. The molecule has 1 aromatic rings. The monoisotopic (exact) mass is 243 g/mol. The lowest BCUT2D eigenvalue weighted by atomic mass is 10.3. The largest absolute Gasteiger partial charge is 0.465 e. The lowest BCUT2D eigenvalue weighted by molar-refractivity contribution is -0.142. The number of aromatic nitrogens is 1. The molecular weight excluding hydrogens is 222 g/mol. The number of aryl methyl sites for hydroxylation is 1. The van der Waals surface area contributed by atoms with Crippen LogP contribution in [-0.4, -0.2) is 17.6 Å². The fraction of sp³-hybridized carbons (Fsp3) is 0.667. The first kappa shape index (κ1) is 15.1. The Morgan fingerprint density at radius 1 is 1.50 bits per heavy atom. The zero-order valence-corrected chi connectivity index (χ0v) is 11.4. The van der Waals surface area contributed by atoms with Crippen LogP contribution < -0.4 is 0 Å². The molecule has 0 aromatic carbocycles. The maximum Gasteiger partial charge on any atom is 0.311 e. The topological polar surface area (TPSA) is 39.2 Å². The quantitative estimate of drug-likeness (QED) is 0.588. The van der Waals surface area contributed by atoms with Crippen LogP contribution in [0.2, 0.25) is 0 Å². The minimum Gasteiger partial charge on any atom is -0.465 e. The molecule has 0 saturated heterocycles. The molecule has 16 heavy (non-hydrogen) atoms. The predicted octanol–water partition coefficient (Wildman–Crippen LogP) is 3.36. The third kappa shape index (κ3) is 6.56.